The molecular weight excluding hydrogens is 454 g/mol. The number of halogens is 2. The Labute approximate surface area is 191 Å². The number of hydrogen-bond acceptors (Lipinski definition) is 0. The molecule has 0 saturated carbocycles. The van der Waals surface area contributed by atoms with Gasteiger partial charge in [-0.3, -0.25) is 6.08 Å². The van der Waals surface area contributed by atoms with Gasteiger partial charge in [-0.05, 0) is 14.5 Å². The van der Waals surface area contributed by atoms with Gasteiger partial charge in [0.2, 0.25) is 0 Å². The van der Waals surface area contributed by atoms with Crippen LogP contribution in [0.1, 0.15) is 18.1 Å². The minimum atomic E-state index is -1.02. The molecule has 0 bridgehead atoms. The zero-order valence-corrected chi connectivity index (χ0v) is 20.7. The summed E-state index contributed by atoms with van der Waals surface area (Å²) in [6, 6.07) is 18.1. The summed E-state index contributed by atoms with van der Waals surface area (Å²) in [4.78, 5) is 0. The summed E-state index contributed by atoms with van der Waals surface area (Å²) in [6.07, 6.45) is 8.86. The van der Waals surface area contributed by atoms with Crippen LogP contribution in [-0.4, -0.2) is 8.07 Å². The van der Waals surface area contributed by atoms with Gasteiger partial charge in [0.1, 0.15) is 0 Å². The van der Waals surface area contributed by atoms with E-state index in [0.717, 1.165) is 6.42 Å². The molecule has 134 valence electrons. The van der Waals surface area contributed by atoms with E-state index in [-0.39, 0.29) is 51.0 Å². The van der Waals surface area contributed by atoms with E-state index in [9.17, 15) is 0 Å². The molecule has 1 atom stereocenters. The Hall–Kier alpha value is -0.400. The van der Waals surface area contributed by atoms with E-state index in [2.05, 4.69) is 87.3 Å². The van der Waals surface area contributed by atoms with Gasteiger partial charge in [0.25, 0.3) is 0 Å². The second-order valence-corrected chi connectivity index (χ2v) is 12.4. The predicted molar refractivity (Wildman–Crippen MR) is 102 cm³/mol. The van der Waals surface area contributed by atoms with Crippen LogP contribution >= 0.6 is 0 Å². The molecule has 4 rings (SSSR count). The molecule has 0 spiro atoms. The van der Waals surface area contributed by atoms with Gasteiger partial charge in [-0.25, -0.2) is 11.3 Å². The molecule has 0 N–H and O–H groups in total. The second kappa shape index (κ2) is 10.8. The standard InChI is InChI=1S/C13H9.C9H15Si.2ClH.Zr/c1-3-7-12-10(5-1)9-11-6-2-4-8-13(11)12;1-8-5-6-9(7-8)10(2,3)4;;;/h1-5,7-8H,9H2;6-8H,1-4H3;2*1H;/q2*-1;;;+4/p-2. The molecule has 0 heterocycles. The minimum Gasteiger partial charge on any atom is -1.00 e. The van der Waals surface area contributed by atoms with Crippen LogP contribution in [0, 0.1) is 18.1 Å². The van der Waals surface area contributed by atoms with E-state index < -0.39 is 8.07 Å². The second-order valence-electron chi connectivity index (χ2n) is 7.37. The van der Waals surface area contributed by atoms with Gasteiger partial charge in [-0.1, -0.05) is 67.9 Å². The van der Waals surface area contributed by atoms with Gasteiger partial charge < -0.3 is 24.8 Å². The number of benzene rings is 2. The van der Waals surface area contributed by atoms with Crippen molar-refractivity contribution in [3.8, 4) is 11.1 Å². The maximum atomic E-state index is 3.30. The minimum absolute atomic E-state index is 0. The van der Waals surface area contributed by atoms with E-state index >= 15 is 0 Å². The predicted octanol–water partition coefficient (Wildman–Crippen LogP) is -0.137. The van der Waals surface area contributed by atoms with E-state index in [0.29, 0.717) is 5.92 Å². The van der Waals surface area contributed by atoms with Crippen LogP contribution in [0.2, 0.25) is 19.6 Å². The van der Waals surface area contributed by atoms with Crippen molar-refractivity contribution < 1.29 is 51.0 Å². The van der Waals surface area contributed by atoms with Crippen LogP contribution in [0.3, 0.4) is 0 Å². The van der Waals surface area contributed by atoms with Crippen molar-refractivity contribution in [1.82, 2.24) is 0 Å². The topological polar surface area (TPSA) is 0 Å². The summed E-state index contributed by atoms with van der Waals surface area (Å²) >= 11 is 0. The first-order valence-corrected chi connectivity index (χ1v) is 11.8. The molecule has 0 fully saturated rings. The summed E-state index contributed by atoms with van der Waals surface area (Å²) in [5, 5.41) is 1.56. The largest absolute Gasteiger partial charge is 4.00 e. The van der Waals surface area contributed by atoms with Crippen LogP contribution in [0.5, 0.6) is 0 Å². The molecule has 0 aromatic heterocycles. The average Bonchev–Trinajstić information content (AvgIpc) is 3.11. The maximum absolute atomic E-state index is 3.30. The van der Waals surface area contributed by atoms with E-state index in [1.54, 1.807) is 5.20 Å². The molecule has 0 aliphatic heterocycles. The van der Waals surface area contributed by atoms with Crippen molar-refractivity contribution in [2.75, 3.05) is 0 Å². The molecule has 1 unspecified atom stereocenters. The third-order valence-electron chi connectivity index (χ3n) is 4.41. The Morgan fingerprint density at radius 3 is 2.19 bits per heavy atom. The third kappa shape index (κ3) is 6.06. The molecule has 2 aromatic rings. The van der Waals surface area contributed by atoms with Crippen LogP contribution in [-0.2, 0) is 32.6 Å². The number of hydrogen-bond donors (Lipinski definition) is 0. The average molecular weight is 479 g/mol. The molecule has 2 aliphatic carbocycles. The summed E-state index contributed by atoms with van der Waals surface area (Å²) in [5.41, 5.74) is 5.51. The SMILES string of the molecule is CC1[C-]=CC([Si](C)(C)C)=C1.[Cl-].[Cl-].[Zr+4].[c-]1cccc2c1Cc1ccccc1-2. The fourth-order valence-electron chi connectivity index (χ4n) is 3.05. The van der Waals surface area contributed by atoms with Crippen LogP contribution in [0.4, 0.5) is 0 Å². The molecule has 26 heavy (non-hydrogen) atoms. The molecule has 0 amide bonds. The van der Waals surface area contributed by atoms with Gasteiger partial charge in [0, 0.05) is 0 Å². The van der Waals surface area contributed by atoms with Crippen molar-refractivity contribution in [2.45, 2.75) is 33.0 Å². The molecule has 0 saturated heterocycles. The van der Waals surface area contributed by atoms with Crippen LogP contribution in [0.15, 0.2) is 59.8 Å². The Morgan fingerprint density at radius 2 is 1.62 bits per heavy atom. The van der Waals surface area contributed by atoms with Gasteiger partial charge in [0.15, 0.2) is 0 Å². The van der Waals surface area contributed by atoms with Crippen molar-refractivity contribution >= 4 is 8.07 Å². The summed E-state index contributed by atoms with van der Waals surface area (Å²) < 4.78 is 0. The van der Waals surface area contributed by atoms with Gasteiger partial charge in [-0.15, -0.1) is 5.56 Å². The summed E-state index contributed by atoms with van der Waals surface area (Å²) in [5.74, 6) is 0.557. The quantitative estimate of drug-likeness (QED) is 0.338. The Bertz CT molecular complexity index is 732. The fourth-order valence-corrected chi connectivity index (χ4v) is 4.32. The van der Waals surface area contributed by atoms with Gasteiger partial charge >= 0.3 is 26.2 Å². The fraction of sp³-hybridized carbons (Fsp3) is 0.273. The van der Waals surface area contributed by atoms with Crippen molar-refractivity contribution in [3.63, 3.8) is 0 Å². The van der Waals surface area contributed by atoms with E-state index in [1.165, 1.54) is 22.3 Å². The molecule has 4 heteroatoms. The normalized spacial score (nSPS) is 15.8. The Morgan fingerprint density at radius 1 is 0.962 bits per heavy atom. The monoisotopic (exact) mass is 476 g/mol. The number of fused-ring (bicyclic) bond motifs is 3. The third-order valence-corrected chi connectivity index (χ3v) is 6.46. The molecule has 0 radical (unpaired) electrons. The van der Waals surface area contributed by atoms with Crippen molar-refractivity contribution in [2.24, 2.45) is 5.92 Å². The summed E-state index contributed by atoms with van der Waals surface area (Å²) in [7, 11) is -1.02. The molecular formula is C22H24Cl2SiZr. The van der Waals surface area contributed by atoms with Gasteiger partial charge in [-0.2, -0.15) is 35.9 Å². The Kier molecular flexibility index (Phi) is 10.6. The zero-order chi connectivity index (χ0) is 16.4. The van der Waals surface area contributed by atoms with Crippen molar-refractivity contribution in [1.29, 1.82) is 0 Å². The van der Waals surface area contributed by atoms with E-state index in [1.807, 2.05) is 6.07 Å². The number of allylic oxidation sites excluding steroid dienone is 4. The van der Waals surface area contributed by atoms with Crippen LogP contribution in [0.25, 0.3) is 11.1 Å². The van der Waals surface area contributed by atoms with E-state index in [4.69, 9.17) is 0 Å². The first kappa shape index (κ1) is 25.6. The van der Waals surface area contributed by atoms with Crippen LogP contribution < -0.4 is 24.8 Å². The first-order valence-electron chi connectivity index (χ1n) is 8.34. The maximum Gasteiger partial charge on any atom is 4.00 e. The molecule has 2 aliphatic rings. The zero-order valence-electron chi connectivity index (χ0n) is 15.7. The number of rotatable bonds is 1. The molecule has 0 nitrogen and oxygen atoms in total. The smallest absolute Gasteiger partial charge is 1.00 e. The Balaban J connectivity index is 0.000000445. The van der Waals surface area contributed by atoms with Crippen molar-refractivity contribution in [3.05, 3.63) is 83.1 Å². The van der Waals surface area contributed by atoms with Gasteiger partial charge in [0.05, 0.1) is 0 Å². The molecule has 2 aromatic carbocycles. The first-order chi connectivity index (χ1) is 10.9. The summed E-state index contributed by atoms with van der Waals surface area (Å²) in [6.45, 7) is 9.29.